The number of hydrogen-bond donors (Lipinski definition) is 3. The molecule has 0 bridgehead atoms. The van der Waals surface area contributed by atoms with E-state index in [9.17, 15) is 14.4 Å². The number of H-pyrrole nitrogens is 1. The van der Waals surface area contributed by atoms with Gasteiger partial charge in [-0.3, -0.25) is 9.59 Å². The van der Waals surface area contributed by atoms with Crippen molar-refractivity contribution in [3.05, 3.63) is 50.7 Å². The van der Waals surface area contributed by atoms with Crippen LogP contribution >= 0.6 is 23.4 Å². The first-order chi connectivity index (χ1) is 11.8. The molecule has 0 spiro atoms. The number of aromatic carboxylic acids is 1. The number of amides is 1. The first kappa shape index (κ1) is 18.8. The molecule has 132 valence electrons. The van der Waals surface area contributed by atoms with E-state index in [0.29, 0.717) is 11.6 Å². The molecule has 0 atom stereocenters. The highest BCUT2D eigenvalue weighted by molar-refractivity contribution is 7.97. The summed E-state index contributed by atoms with van der Waals surface area (Å²) in [6.45, 7) is 0. The molecule has 0 aliphatic heterocycles. The average Bonchev–Trinajstić information content (AvgIpc) is 2.55. The lowest BCUT2D eigenvalue weighted by Crippen LogP contribution is -2.20. The Morgan fingerprint density at radius 1 is 1.40 bits per heavy atom. The minimum atomic E-state index is -1.21. The van der Waals surface area contributed by atoms with Crippen molar-refractivity contribution in [2.45, 2.75) is 5.75 Å². The Morgan fingerprint density at radius 2 is 2.12 bits per heavy atom. The Labute approximate surface area is 151 Å². The molecule has 0 saturated carbocycles. The summed E-state index contributed by atoms with van der Waals surface area (Å²) in [4.78, 5) is 41.7. The number of methoxy groups -OCH3 is 1. The lowest BCUT2D eigenvalue weighted by molar-refractivity contribution is 0.0693. The molecule has 0 aliphatic rings. The second kappa shape index (κ2) is 8.04. The van der Waals surface area contributed by atoms with Gasteiger partial charge in [0, 0.05) is 12.1 Å². The Kier molecular flexibility index (Phi) is 6.05. The Bertz CT molecular complexity index is 884. The normalized spacial score (nSPS) is 10.4. The fraction of sp³-hybridized carbons (Fsp3) is 0.200. The number of hydrogen-bond acceptors (Lipinski definition) is 6. The van der Waals surface area contributed by atoms with E-state index in [1.807, 2.05) is 6.26 Å². The third-order valence-corrected chi connectivity index (χ3v) is 3.95. The van der Waals surface area contributed by atoms with Crippen molar-refractivity contribution < 1.29 is 19.4 Å². The summed E-state index contributed by atoms with van der Waals surface area (Å²) in [6, 6.07) is 3.53. The van der Waals surface area contributed by atoms with E-state index in [1.165, 1.54) is 31.0 Å². The lowest BCUT2D eigenvalue weighted by Gasteiger charge is -2.11. The van der Waals surface area contributed by atoms with Gasteiger partial charge in [-0.15, -0.1) is 0 Å². The summed E-state index contributed by atoms with van der Waals surface area (Å²) in [5.41, 5.74) is -0.525. The summed E-state index contributed by atoms with van der Waals surface area (Å²) in [7, 11) is 1.30. The predicted molar refractivity (Wildman–Crippen MR) is 95.0 cm³/mol. The molecule has 1 aromatic heterocycles. The summed E-state index contributed by atoms with van der Waals surface area (Å²) < 4.78 is 5.00. The lowest BCUT2D eigenvalue weighted by atomic mass is 10.1. The Balaban J connectivity index is 2.35. The number of carbonyl (C=O) groups excluding carboxylic acids is 1. The second-order valence-corrected chi connectivity index (χ2v) is 6.08. The van der Waals surface area contributed by atoms with E-state index >= 15 is 0 Å². The number of anilines is 1. The number of rotatable bonds is 6. The number of aromatic nitrogens is 2. The second-order valence-electron chi connectivity index (χ2n) is 4.80. The minimum Gasteiger partial charge on any atom is -0.496 e. The number of carbonyl (C=O) groups is 2. The number of benzene rings is 1. The van der Waals surface area contributed by atoms with Crippen molar-refractivity contribution in [1.82, 2.24) is 9.97 Å². The van der Waals surface area contributed by atoms with E-state index in [0.717, 1.165) is 6.07 Å². The topological polar surface area (TPSA) is 121 Å². The van der Waals surface area contributed by atoms with Gasteiger partial charge in [-0.2, -0.15) is 11.8 Å². The first-order valence-corrected chi connectivity index (χ1v) is 8.64. The number of thioether (sulfide) groups is 1. The van der Waals surface area contributed by atoms with Gasteiger partial charge in [0.15, 0.2) is 0 Å². The summed E-state index contributed by atoms with van der Waals surface area (Å²) in [5, 5.41) is 11.6. The molecular formula is C15H14ClN3O5S. The SMILES string of the molecule is COc1cc(NC(=O)c2cc(=O)[nH]c(CSC)n2)c(Cl)cc1C(=O)O. The van der Waals surface area contributed by atoms with Crippen LogP contribution in [0.4, 0.5) is 5.69 Å². The standard InChI is InChI=1S/C15H14ClN3O5S/c1-24-11-4-9(8(16)3-7(11)15(22)23)18-14(21)10-5-13(20)19-12(17-10)6-25-2/h3-5H,6H2,1-2H3,(H,18,21)(H,22,23)(H,17,19,20). The van der Waals surface area contributed by atoms with E-state index in [1.54, 1.807) is 0 Å². The number of carboxylic acid groups (broad SMARTS) is 1. The molecular weight excluding hydrogens is 370 g/mol. The first-order valence-electron chi connectivity index (χ1n) is 6.87. The van der Waals surface area contributed by atoms with Crippen molar-refractivity contribution >= 4 is 40.9 Å². The molecule has 25 heavy (non-hydrogen) atoms. The highest BCUT2D eigenvalue weighted by Crippen LogP contribution is 2.31. The maximum atomic E-state index is 12.3. The van der Waals surface area contributed by atoms with Gasteiger partial charge in [-0.1, -0.05) is 11.6 Å². The molecule has 8 nitrogen and oxygen atoms in total. The Hall–Kier alpha value is -2.52. The van der Waals surface area contributed by atoms with Crippen LogP contribution in [0.2, 0.25) is 5.02 Å². The third kappa shape index (κ3) is 4.52. The molecule has 0 saturated heterocycles. The van der Waals surface area contributed by atoms with Crippen LogP contribution in [0.5, 0.6) is 5.75 Å². The molecule has 2 rings (SSSR count). The van der Waals surface area contributed by atoms with Crippen molar-refractivity contribution in [3.8, 4) is 5.75 Å². The number of nitrogens with zero attached hydrogens (tertiary/aromatic N) is 1. The van der Waals surface area contributed by atoms with Crippen LogP contribution in [0.25, 0.3) is 0 Å². The molecule has 0 unspecified atom stereocenters. The molecule has 10 heteroatoms. The fourth-order valence-corrected chi connectivity index (χ4v) is 2.62. The van der Waals surface area contributed by atoms with Crippen LogP contribution in [0.1, 0.15) is 26.7 Å². The molecule has 0 fully saturated rings. The maximum absolute atomic E-state index is 12.3. The van der Waals surface area contributed by atoms with Gasteiger partial charge in [0.2, 0.25) is 0 Å². The largest absolute Gasteiger partial charge is 0.496 e. The molecule has 1 heterocycles. The summed E-state index contributed by atoms with van der Waals surface area (Å²) in [5.74, 6) is -1.02. The van der Waals surface area contributed by atoms with Crippen molar-refractivity contribution in [2.75, 3.05) is 18.7 Å². The molecule has 2 aromatic rings. The van der Waals surface area contributed by atoms with Gasteiger partial charge in [-0.05, 0) is 12.3 Å². The molecule has 0 aliphatic carbocycles. The monoisotopic (exact) mass is 383 g/mol. The van der Waals surface area contributed by atoms with Crippen LogP contribution in [0.3, 0.4) is 0 Å². The van der Waals surface area contributed by atoms with Gasteiger partial charge >= 0.3 is 5.97 Å². The van der Waals surface area contributed by atoms with E-state index < -0.39 is 17.4 Å². The smallest absolute Gasteiger partial charge is 0.339 e. The van der Waals surface area contributed by atoms with Crippen LogP contribution in [0, 0.1) is 0 Å². The number of nitrogens with one attached hydrogen (secondary N) is 2. The highest BCUT2D eigenvalue weighted by Gasteiger charge is 2.18. The van der Waals surface area contributed by atoms with Gasteiger partial charge in [0.1, 0.15) is 22.8 Å². The van der Waals surface area contributed by atoms with Gasteiger partial charge < -0.3 is 20.1 Å². The minimum absolute atomic E-state index is 0.0146. The van der Waals surface area contributed by atoms with Crippen molar-refractivity contribution in [1.29, 1.82) is 0 Å². The molecule has 1 aromatic carbocycles. The molecule has 1 amide bonds. The number of aromatic amines is 1. The van der Waals surface area contributed by atoms with E-state index in [-0.39, 0.29) is 27.7 Å². The maximum Gasteiger partial charge on any atom is 0.339 e. The zero-order valence-electron chi connectivity index (χ0n) is 13.3. The zero-order chi connectivity index (χ0) is 18.6. The van der Waals surface area contributed by atoms with Crippen LogP contribution in [-0.4, -0.2) is 40.3 Å². The third-order valence-electron chi connectivity index (χ3n) is 3.07. The molecule has 3 N–H and O–H groups in total. The molecule has 0 radical (unpaired) electrons. The highest BCUT2D eigenvalue weighted by atomic mass is 35.5. The zero-order valence-corrected chi connectivity index (χ0v) is 14.8. The van der Waals surface area contributed by atoms with Crippen LogP contribution < -0.4 is 15.6 Å². The van der Waals surface area contributed by atoms with E-state index in [2.05, 4.69) is 15.3 Å². The van der Waals surface area contributed by atoms with Gasteiger partial charge in [0.25, 0.3) is 11.5 Å². The fourth-order valence-electron chi connectivity index (χ4n) is 2.00. The van der Waals surface area contributed by atoms with Crippen LogP contribution in [-0.2, 0) is 5.75 Å². The predicted octanol–water partition coefficient (Wildman–Crippen LogP) is 2.25. The summed E-state index contributed by atoms with van der Waals surface area (Å²) >= 11 is 7.46. The number of halogens is 1. The number of carboxylic acids is 1. The van der Waals surface area contributed by atoms with Gasteiger partial charge in [0.05, 0.1) is 23.6 Å². The van der Waals surface area contributed by atoms with E-state index in [4.69, 9.17) is 21.4 Å². The van der Waals surface area contributed by atoms with Crippen LogP contribution in [0.15, 0.2) is 23.0 Å². The van der Waals surface area contributed by atoms with Crippen molar-refractivity contribution in [2.24, 2.45) is 0 Å². The summed E-state index contributed by atoms with van der Waals surface area (Å²) in [6.07, 6.45) is 1.84. The Morgan fingerprint density at radius 3 is 2.72 bits per heavy atom. The quantitative estimate of drug-likeness (QED) is 0.699. The van der Waals surface area contributed by atoms with Gasteiger partial charge in [-0.25, -0.2) is 9.78 Å². The van der Waals surface area contributed by atoms with Crippen molar-refractivity contribution in [3.63, 3.8) is 0 Å². The average molecular weight is 384 g/mol. The number of ether oxygens (including phenoxy) is 1.